The number of halogens is 1. The van der Waals surface area contributed by atoms with Gasteiger partial charge in [-0.3, -0.25) is 0 Å². The van der Waals surface area contributed by atoms with Crippen LogP contribution in [0.1, 0.15) is 31.2 Å². The maximum Gasteiger partial charge on any atom is 0.129 e. The minimum atomic E-state index is 0.300. The summed E-state index contributed by atoms with van der Waals surface area (Å²) in [6.45, 7) is 0.822. The molecule has 1 aromatic rings. The highest BCUT2D eigenvalue weighted by atomic mass is 35.5. The topological polar surface area (TPSA) is 50.9 Å². The molecule has 3 N–H and O–H groups in total. The van der Waals surface area contributed by atoms with Gasteiger partial charge >= 0.3 is 0 Å². The molecule has 0 aliphatic heterocycles. The van der Waals surface area contributed by atoms with Crippen LogP contribution < -0.4 is 11.1 Å². The van der Waals surface area contributed by atoms with E-state index in [1.54, 1.807) is 0 Å². The summed E-state index contributed by atoms with van der Waals surface area (Å²) < 4.78 is 0. The van der Waals surface area contributed by atoms with Gasteiger partial charge in [-0.05, 0) is 24.5 Å². The van der Waals surface area contributed by atoms with Crippen molar-refractivity contribution in [3.63, 3.8) is 0 Å². The zero-order valence-corrected chi connectivity index (χ0v) is 10.1. The molecule has 0 saturated heterocycles. The van der Waals surface area contributed by atoms with Crippen LogP contribution in [0.3, 0.4) is 0 Å². The molecule has 0 aromatic carbocycles. The van der Waals surface area contributed by atoms with Gasteiger partial charge in [0.1, 0.15) is 5.15 Å². The summed E-state index contributed by atoms with van der Waals surface area (Å²) in [7, 11) is 0. The molecule has 0 unspecified atom stereocenters. The molecule has 2 atom stereocenters. The zero-order valence-electron chi connectivity index (χ0n) is 9.32. The van der Waals surface area contributed by atoms with Gasteiger partial charge < -0.3 is 11.1 Å². The molecule has 0 bridgehead atoms. The number of nitrogens with zero attached hydrogens (tertiary/aromatic N) is 1. The average Bonchev–Trinajstić information content (AvgIpc) is 2.30. The Kier molecular flexibility index (Phi) is 4.16. The third-order valence-corrected chi connectivity index (χ3v) is 3.40. The molecule has 0 radical (unpaired) electrons. The Morgan fingerprint density at radius 2 is 2.19 bits per heavy atom. The molecule has 1 aromatic heterocycles. The Bertz CT molecular complexity index is 326. The average molecular weight is 240 g/mol. The van der Waals surface area contributed by atoms with Gasteiger partial charge in [0.2, 0.25) is 0 Å². The van der Waals surface area contributed by atoms with Gasteiger partial charge in [-0.1, -0.05) is 30.5 Å². The van der Waals surface area contributed by atoms with Gasteiger partial charge in [-0.15, -0.1) is 0 Å². The summed E-state index contributed by atoms with van der Waals surface area (Å²) >= 11 is 5.73. The van der Waals surface area contributed by atoms with Gasteiger partial charge in [0.25, 0.3) is 0 Å². The van der Waals surface area contributed by atoms with Crippen LogP contribution in [0.15, 0.2) is 18.3 Å². The van der Waals surface area contributed by atoms with Crippen LogP contribution in [0.25, 0.3) is 0 Å². The highest BCUT2D eigenvalue weighted by Gasteiger charge is 2.20. The Hall–Kier alpha value is -0.640. The van der Waals surface area contributed by atoms with Crippen LogP contribution in [-0.2, 0) is 6.54 Å². The highest BCUT2D eigenvalue weighted by Crippen LogP contribution is 2.17. The predicted molar refractivity (Wildman–Crippen MR) is 66.3 cm³/mol. The van der Waals surface area contributed by atoms with Gasteiger partial charge in [0.15, 0.2) is 0 Å². The van der Waals surface area contributed by atoms with Crippen molar-refractivity contribution < 1.29 is 0 Å². The number of hydrogen-bond acceptors (Lipinski definition) is 3. The van der Waals surface area contributed by atoms with E-state index in [1.807, 2.05) is 18.3 Å². The molecule has 0 spiro atoms. The van der Waals surface area contributed by atoms with E-state index in [0.717, 1.165) is 18.5 Å². The second kappa shape index (κ2) is 5.62. The summed E-state index contributed by atoms with van der Waals surface area (Å²) in [5.41, 5.74) is 7.22. The Balaban J connectivity index is 1.84. The molecule has 1 aliphatic carbocycles. The molecule has 3 nitrogen and oxygen atoms in total. The summed E-state index contributed by atoms with van der Waals surface area (Å²) in [6.07, 6.45) is 6.68. The van der Waals surface area contributed by atoms with E-state index in [-0.39, 0.29) is 0 Å². The largest absolute Gasteiger partial charge is 0.326 e. The van der Waals surface area contributed by atoms with E-state index in [2.05, 4.69) is 10.3 Å². The Labute approximate surface area is 101 Å². The summed E-state index contributed by atoms with van der Waals surface area (Å²) in [4.78, 5) is 4.06. The Morgan fingerprint density at radius 1 is 1.38 bits per heavy atom. The number of nitrogens with two attached hydrogens (primary N) is 1. The fourth-order valence-corrected chi connectivity index (χ4v) is 2.28. The molecule has 2 rings (SSSR count). The molecule has 1 aliphatic rings. The SMILES string of the molecule is N[C@H]1CCCC[C@H]1NCc1ccc(Cl)nc1. The normalized spacial score (nSPS) is 25.6. The first-order chi connectivity index (χ1) is 7.75. The lowest BCUT2D eigenvalue weighted by Gasteiger charge is -2.29. The lowest BCUT2D eigenvalue weighted by Crippen LogP contribution is -2.46. The van der Waals surface area contributed by atoms with E-state index < -0.39 is 0 Å². The third kappa shape index (κ3) is 3.17. The fourth-order valence-electron chi connectivity index (χ4n) is 2.17. The monoisotopic (exact) mass is 239 g/mol. The van der Waals surface area contributed by atoms with Crippen molar-refractivity contribution in [2.24, 2.45) is 5.73 Å². The van der Waals surface area contributed by atoms with Gasteiger partial charge in [-0.25, -0.2) is 4.98 Å². The molecule has 0 amide bonds. The number of nitrogens with one attached hydrogen (secondary N) is 1. The van der Waals surface area contributed by atoms with Crippen molar-refractivity contribution in [2.45, 2.75) is 44.3 Å². The van der Waals surface area contributed by atoms with E-state index in [0.29, 0.717) is 17.2 Å². The van der Waals surface area contributed by atoms with Crippen molar-refractivity contribution >= 4 is 11.6 Å². The van der Waals surface area contributed by atoms with Crippen LogP contribution in [-0.4, -0.2) is 17.1 Å². The first-order valence-corrected chi connectivity index (χ1v) is 6.23. The van der Waals surface area contributed by atoms with Gasteiger partial charge in [-0.2, -0.15) is 0 Å². The molecule has 1 fully saturated rings. The molecule has 88 valence electrons. The standard InChI is InChI=1S/C12H18ClN3/c13-12-6-5-9(8-16-12)7-15-11-4-2-1-3-10(11)14/h5-6,8,10-11,15H,1-4,7,14H2/t10-,11+/m0/s1. The fraction of sp³-hybridized carbons (Fsp3) is 0.583. The predicted octanol–water partition coefficient (Wildman–Crippen LogP) is 2.09. The zero-order chi connectivity index (χ0) is 11.4. The third-order valence-electron chi connectivity index (χ3n) is 3.18. The van der Waals surface area contributed by atoms with Crippen molar-refractivity contribution in [2.75, 3.05) is 0 Å². The van der Waals surface area contributed by atoms with Gasteiger partial charge in [0.05, 0.1) is 0 Å². The smallest absolute Gasteiger partial charge is 0.129 e. The van der Waals surface area contributed by atoms with E-state index in [1.165, 1.54) is 19.3 Å². The van der Waals surface area contributed by atoms with Crippen molar-refractivity contribution in [1.29, 1.82) is 0 Å². The Morgan fingerprint density at radius 3 is 2.88 bits per heavy atom. The number of rotatable bonds is 3. The summed E-state index contributed by atoms with van der Waals surface area (Å²) in [6, 6.07) is 4.56. The van der Waals surface area contributed by atoms with Crippen LogP contribution >= 0.6 is 11.6 Å². The second-order valence-corrected chi connectivity index (χ2v) is 4.81. The molecule has 1 heterocycles. The van der Waals surface area contributed by atoms with Crippen LogP contribution in [0, 0.1) is 0 Å². The second-order valence-electron chi connectivity index (χ2n) is 4.42. The summed E-state index contributed by atoms with van der Waals surface area (Å²) in [5.74, 6) is 0. The number of aromatic nitrogens is 1. The van der Waals surface area contributed by atoms with Crippen molar-refractivity contribution in [3.8, 4) is 0 Å². The number of pyridine rings is 1. The molecular weight excluding hydrogens is 222 g/mol. The summed E-state index contributed by atoms with van der Waals surface area (Å²) in [5, 5.41) is 4.04. The molecule has 4 heteroatoms. The van der Waals surface area contributed by atoms with Crippen molar-refractivity contribution in [1.82, 2.24) is 10.3 Å². The molecule has 16 heavy (non-hydrogen) atoms. The van der Waals surface area contributed by atoms with E-state index >= 15 is 0 Å². The van der Waals surface area contributed by atoms with Crippen LogP contribution in [0.2, 0.25) is 5.15 Å². The minimum Gasteiger partial charge on any atom is -0.326 e. The van der Waals surface area contributed by atoms with Crippen LogP contribution in [0.5, 0.6) is 0 Å². The molecule has 1 saturated carbocycles. The molecular formula is C12H18ClN3. The maximum atomic E-state index is 6.07. The van der Waals surface area contributed by atoms with Gasteiger partial charge in [0, 0.05) is 24.8 Å². The van der Waals surface area contributed by atoms with Crippen molar-refractivity contribution in [3.05, 3.63) is 29.0 Å². The minimum absolute atomic E-state index is 0.300. The lowest BCUT2D eigenvalue weighted by molar-refractivity contribution is 0.326. The first kappa shape index (κ1) is 11.8. The number of hydrogen-bond donors (Lipinski definition) is 2. The van der Waals surface area contributed by atoms with E-state index in [9.17, 15) is 0 Å². The maximum absolute atomic E-state index is 6.07. The first-order valence-electron chi connectivity index (χ1n) is 5.85. The quantitative estimate of drug-likeness (QED) is 0.795. The highest BCUT2D eigenvalue weighted by molar-refractivity contribution is 6.29. The van der Waals surface area contributed by atoms with E-state index in [4.69, 9.17) is 17.3 Å². The lowest BCUT2D eigenvalue weighted by atomic mass is 9.91. The van der Waals surface area contributed by atoms with Crippen LogP contribution in [0.4, 0.5) is 0 Å².